The standard InChI is InChI=1S/C6H13N2O6P/c7-5(9)2-1-4(6(10)11)8-3-15(12,13)14/h4,8H,1-3H2,(H2,7,9)(H,10,11)(H2,12,13,14)/t4-/m1/s1. The van der Waals surface area contributed by atoms with Gasteiger partial charge in [-0.25, -0.2) is 0 Å². The number of hydrogen-bond donors (Lipinski definition) is 5. The molecule has 9 heteroatoms. The summed E-state index contributed by atoms with van der Waals surface area (Å²) in [7, 11) is -4.30. The third-order valence-electron chi connectivity index (χ3n) is 1.52. The number of carbonyl (C=O) groups excluding carboxylic acids is 1. The second-order valence-corrected chi connectivity index (χ2v) is 4.57. The number of nitrogens with two attached hydrogens (primary N) is 1. The number of primary amides is 1. The second kappa shape index (κ2) is 5.82. The van der Waals surface area contributed by atoms with Crippen LogP contribution < -0.4 is 11.1 Å². The average molecular weight is 240 g/mol. The molecule has 0 bridgehead atoms. The molecule has 0 unspecified atom stereocenters. The molecule has 0 aliphatic heterocycles. The molecule has 6 N–H and O–H groups in total. The Morgan fingerprint density at radius 2 is 1.93 bits per heavy atom. The fraction of sp³-hybridized carbons (Fsp3) is 0.667. The summed E-state index contributed by atoms with van der Waals surface area (Å²) in [5, 5.41) is 10.8. The number of carboxylic acid groups (broad SMARTS) is 1. The van der Waals surface area contributed by atoms with E-state index in [4.69, 9.17) is 20.6 Å². The molecular formula is C6H13N2O6P. The highest BCUT2D eigenvalue weighted by molar-refractivity contribution is 7.51. The molecular weight excluding hydrogens is 227 g/mol. The van der Waals surface area contributed by atoms with Crippen LogP contribution in [0.4, 0.5) is 0 Å². The number of amides is 1. The zero-order valence-corrected chi connectivity index (χ0v) is 8.68. The van der Waals surface area contributed by atoms with Gasteiger partial charge in [0.15, 0.2) is 0 Å². The summed E-state index contributed by atoms with van der Waals surface area (Å²) in [5.74, 6) is -1.95. The van der Waals surface area contributed by atoms with Crippen LogP contribution in [0.5, 0.6) is 0 Å². The zero-order chi connectivity index (χ0) is 12.1. The van der Waals surface area contributed by atoms with E-state index in [-0.39, 0.29) is 12.8 Å². The average Bonchev–Trinajstić information content (AvgIpc) is 2.00. The molecule has 0 heterocycles. The molecule has 0 saturated carbocycles. The zero-order valence-electron chi connectivity index (χ0n) is 7.79. The maximum absolute atomic E-state index is 10.6. The highest BCUT2D eigenvalue weighted by Gasteiger charge is 2.21. The maximum Gasteiger partial charge on any atom is 0.339 e. The van der Waals surface area contributed by atoms with Gasteiger partial charge < -0.3 is 20.6 Å². The molecule has 0 aromatic carbocycles. The van der Waals surface area contributed by atoms with Crippen LogP contribution in [0.2, 0.25) is 0 Å². The van der Waals surface area contributed by atoms with E-state index in [2.05, 4.69) is 5.32 Å². The van der Waals surface area contributed by atoms with Gasteiger partial charge in [-0.1, -0.05) is 0 Å². The van der Waals surface area contributed by atoms with Crippen molar-refractivity contribution in [2.75, 3.05) is 6.29 Å². The number of carbonyl (C=O) groups is 2. The number of nitrogens with one attached hydrogen (secondary N) is 1. The van der Waals surface area contributed by atoms with Crippen molar-refractivity contribution in [2.24, 2.45) is 5.73 Å². The molecule has 0 fully saturated rings. The molecule has 0 aromatic heterocycles. The highest BCUT2D eigenvalue weighted by Crippen LogP contribution is 2.32. The summed E-state index contributed by atoms with van der Waals surface area (Å²) in [6.07, 6.45) is -1.02. The Balaban J connectivity index is 4.11. The van der Waals surface area contributed by atoms with E-state index in [1.165, 1.54) is 0 Å². The molecule has 15 heavy (non-hydrogen) atoms. The fourth-order valence-corrected chi connectivity index (χ4v) is 1.29. The van der Waals surface area contributed by atoms with Crippen LogP contribution in [-0.2, 0) is 14.2 Å². The van der Waals surface area contributed by atoms with Crippen LogP contribution in [0.3, 0.4) is 0 Å². The fourth-order valence-electron chi connectivity index (χ4n) is 0.829. The number of carboxylic acids is 1. The van der Waals surface area contributed by atoms with Crippen LogP contribution in [0.25, 0.3) is 0 Å². The van der Waals surface area contributed by atoms with Gasteiger partial charge in [-0.3, -0.25) is 19.5 Å². The Morgan fingerprint density at radius 1 is 1.40 bits per heavy atom. The third kappa shape index (κ3) is 8.07. The maximum atomic E-state index is 10.6. The van der Waals surface area contributed by atoms with Gasteiger partial charge in [0.2, 0.25) is 5.91 Å². The normalized spacial score (nSPS) is 13.5. The Bertz CT molecular complexity index is 287. The van der Waals surface area contributed by atoms with Gasteiger partial charge in [0.05, 0.1) is 6.29 Å². The molecule has 0 aromatic rings. The Labute approximate surface area is 85.6 Å². The van der Waals surface area contributed by atoms with Crippen LogP contribution in [0, 0.1) is 0 Å². The van der Waals surface area contributed by atoms with Gasteiger partial charge >= 0.3 is 13.6 Å². The van der Waals surface area contributed by atoms with E-state index in [1.807, 2.05) is 0 Å². The quantitative estimate of drug-likeness (QED) is 0.337. The van der Waals surface area contributed by atoms with E-state index in [9.17, 15) is 14.2 Å². The molecule has 0 aliphatic rings. The lowest BCUT2D eigenvalue weighted by molar-refractivity contribution is -0.139. The predicted octanol–water partition coefficient (Wildman–Crippen LogP) is -1.57. The molecule has 0 saturated heterocycles. The first-order valence-corrected chi connectivity index (χ1v) is 5.81. The molecule has 0 rings (SSSR count). The molecule has 8 nitrogen and oxygen atoms in total. The van der Waals surface area contributed by atoms with Gasteiger partial charge in [-0.15, -0.1) is 0 Å². The largest absolute Gasteiger partial charge is 0.480 e. The molecule has 88 valence electrons. The summed E-state index contributed by atoms with van der Waals surface area (Å²) in [6.45, 7) is 0. The molecule has 0 radical (unpaired) electrons. The lowest BCUT2D eigenvalue weighted by Crippen LogP contribution is -2.38. The SMILES string of the molecule is NC(=O)CC[C@@H](NCP(=O)(O)O)C(=O)O. The van der Waals surface area contributed by atoms with Gasteiger partial charge in [0, 0.05) is 6.42 Å². The summed E-state index contributed by atoms with van der Waals surface area (Å²) in [4.78, 5) is 37.9. The van der Waals surface area contributed by atoms with Crippen LogP contribution in [0.15, 0.2) is 0 Å². The first-order valence-electron chi connectivity index (χ1n) is 4.01. The predicted molar refractivity (Wildman–Crippen MR) is 49.9 cm³/mol. The van der Waals surface area contributed by atoms with E-state index < -0.39 is 31.8 Å². The van der Waals surface area contributed by atoms with E-state index in [1.54, 1.807) is 0 Å². The van der Waals surface area contributed by atoms with Gasteiger partial charge in [0.25, 0.3) is 0 Å². The Hall–Kier alpha value is -0.950. The number of hydrogen-bond acceptors (Lipinski definition) is 4. The van der Waals surface area contributed by atoms with Crippen molar-refractivity contribution in [1.29, 1.82) is 0 Å². The third-order valence-corrected chi connectivity index (χ3v) is 2.12. The first kappa shape index (κ1) is 14.1. The minimum Gasteiger partial charge on any atom is -0.480 e. The van der Waals surface area contributed by atoms with Crippen LogP contribution in [-0.4, -0.2) is 39.1 Å². The summed E-state index contributed by atoms with van der Waals surface area (Å²) < 4.78 is 10.4. The van der Waals surface area contributed by atoms with Crippen LogP contribution >= 0.6 is 7.60 Å². The van der Waals surface area contributed by atoms with Gasteiger partial charge in [0.1, 0.15) is 6.04 Å². The van der Waals surface area contributed by atoms with Gasteiger partial charge in [-0.2, -0.15) is 0 Å². The van der Waals surface area contributed by atoms with Crippen molar-refractivity contribution in [3.8, 4) is 0 Å². The number of rotatable bonds is 7. The minimum atomic E-state index is -4.30. The Morgan fingerprint density at radius 3 is 2.27 bits per heavy atom. The molecule has 0 aliphatic carbocycles. The number of aliphatic carboxylic acids is 1. The molecule has 0 spiro atoms. The molecule has 1 amide bonds. The summed E-state index contributed by atoms with van der Waals surface area (Å²) >= 11 is 0. The van der Waals surface area contributed by atoms with Crippen molar-refractivity contribution >= 4 is 19.5 Å². The lowest BCUT2D eigenvalue weighted by atomic mass is 10.1. The second-order valence-electron chi connectivity index (χ2n) is 2.92. The monoisotopic (exact) mass is 240 g/mol. The Kier molecular flexibility index (Phi) is 5.45. The minimum absolute atomic E-state index is 0.106. The van der Waals surface area contributed by atoms with Crippen molar-refractivity contribution in [3.05, 3.63) is 0 Å². The summed E-state index contributed by atoms with van der Waals surface area (Å²) in [6, 6.07) is -1.19. The lowest BCUT2D eigenvalue weighted by Gasteiger charge is -2.13. The van der Waals surface area contributed by atoms with Crippen molar-refractivity contribution in [1.82, 2.24) is 5.32 Å². The highest BCUT2D eigenvalue weighted by atomic mass is 31.2. The van der Waals surface area contributed by atoms with Crippen molar-refractivity contribution in [2.45, 2.75) is 18.9 Å². The van der Waals surface area contributed by atoms with Crippen molar-refractivity contribution in [3.63, 3.8) is 0 Å². The molecule has 1 atom stereocenters. The van der Waals surface area contributed by atoms with Crippen molar-refractivity contribution < 1.29 is 29.0 Å². The van der Waals surface area contributed by atoms with Gasteiger partial charge in [-0.05, 0) is 6.42 Å². The van der Waals surface area contributed by atoms with E-state index in [0.717, 1.165) is 0 Å². The smallest absolute Gasteiger partial charge is 0.339 e. The topological polar surface area (TPSA) is 150 Å². The van der Waals surface area contributed by atoms with Crippen LogP contribution in [0.1, 0.15) is 12.8 Å². The first-order chi connectivity index (χ1) is 6.72. The summed E-state index contributed by atoms with van der Waals surface area (Å²) in [5.41, 5.74) is 4.81. The van der Waals surface area contributed by atoms with E-state index >= 15 is 0 Å². The van der Waals surface area contributed by atoms with E-state index in [0.29, 0.717) is 0 Å².